The van der Waals surface area contributed by atoms with Crippen LogP contribution < -0.4 is 0 Å². The molecule has 4 nitrogen and oxygen atoms in total. The molecule has 0 amide bonds. The molecule has 112 valence electrons. The van der Waals surface area contributed by atoms with Gasteiger partial charge in [-0.3, -0.25) is 0 Å². The zero-order valence-electron chi connectivity index (χ0n) is 12.3. The molecule has 0 aliphatic rings. The quantitative estimate of drug-likeness (QED) is 0.321. The summed E-state index contributed by atoms with van der Waals surface area (Å²) in [4.78, 5) is 17.6. The smallest absolute Gasteiger partial charge is 0.198 e. The predicted molar refractivity (Wildman–Crippen MR) is 94.8 cm³/mol. The first-order chi connectivity index (χ1) is 10.0. The molecular weight excluding hydrogens is 340 g/mol. The Hall–Kier alpha value is -0.440. The van der Waals surface area contributed by atoms with Gasteiger partial charge in [-0.25, -0.2) is 19.9 Å². The Morgan fingerprint density at radius 1 is 0.667 bits per heavy atom. The van der Waals surface area contributed by atoms with E-state index < -0.39 is 0 Å². The highest BCUT2D eigenvalue weighted by Crippen LogP contribution is 2.37. The summed E-state index contributed by atoms with van der Waals surface area (Å²) in [6.07, 6.45) is 0. The molecule has 2 aromatic heterocycles. The number of aromatic nitrogens is 4. The minimum Gasteiger partial charge on any atom is -0.227 e. The topological polar surface area (TPSA) is 51.6 Å². The molecule has 2 aromatic rings. The monoisotopic (exact) mass is 356 g/mol. The van der Waals surface area contributed by atoms with Crippen molar-refractivity contribution in [3.63, 3.8) is 0 Å². The molecule has 0 bridgehead atoms. The van der Waals surface area contributed by atoms with E-state index in [0.29, 0.717) is 0 Å². The van der Waals surface area contributed by atoms with E-state index in [0.717, 1.165) is 38.2 Å². The summed E-state index contributed by atoms with van der Waals surface area (Å²) in [6, 6.07) is 3.97. The van der Waals surface area contributed by atoms with Gasteiger partial charge in [0.15, 0.2) is 10.3 Å². The molecule has 0 radical (unpaired) electrons. The standard InChI is InChI=1S/C13H16N4S4/c1-8-5-9(2)15-12(14-8)20-18-7-19-21-13-16-10(3)6-11(4)17-13/h5-6H,7H2,1-4H3. The van der Waals surface area contributed by atoms with E-state index in [1.807, 2.05) is 39.8 Å². The van der Waals surface area contributed by atoms with Crippen LogP contribution in [0.2, 0.25) is 0 Å². The second-order valence-corrected chi connectivity index (χ2v) is 9.28. The van der Waals surface area contributed by atoms with E-state index >= 15 is 0 Å². The molecule has 0 saturated heterocycles. The van der Waals surface area contributed by atoms with Crippen molar-refractivity contribution in [2.24, 2.45) is 0 Å². The second kappa shape index (κ2) is 8.26. The van der Waals surface area contributed by atoms with Crippen molar-refractivity contribution in [2.75, 3.05) is 5.08 Å². The van der Waals surface area contributed by atoms with Crippen molar-refractivity contribution in [3.05, 3.63) is 34.9 Å². The molecule has 0 atom stereocenters. The van der Waals surface area contributed by atoms with Crippen LogP contribution in [0.1, 0.15) is 22.8 Å². The van der Waals surface area contributed by atoms with E-state index in [9.17, 15) is 0 Å². The van der Waals surface area contributed by atoms with E-state index in [1.165, 1.54) is 0 Å². The Morgan fingerprint density at radius 3 is 1.33 bits per heavy atom. The van der Waals surface area contributed by atoms with Crippen molar-refractivity contribution < 1.29 is 0 Å². The fourth-order valence-corrected chi connectivity index (χ4v) is 6.47. The average molecular weight is 357 g/mol. The number of aryl methyl sites for hydroxylation is 4. The van der Waals surface area contributed by atoms with Crippen LogP contribution in [0.25, 0.3) is 0 Å². The van der Waals surface area contributed by atoms with Gasteiger partial charge in [0.1, 0.15) is 0 Å². The highest BCUT2D eigenvalue weighted by molar-refractivity contribution is 8.85. The van der Waals surface area contributed by atoms with Crippen molar-refractivity contribution >= 4 is 43.2 Å². The van der Waals surface area contributed by atoms with Gasteiger partial charge in [0.25, 0.3) is 0 Å². The van der Waals surface area contributed by atoms with E-state index in [4.69, 9.17) is 0 Å². The molecule has 2 heterocycles. The van der Waals surface area contributed by atoms with Crippen molar-refractivity contribution in [1.29, 1.82) is 0 Å². The third kappa shape index (κ3) is 6.06. The lowest BCUT2D eigenvalue weighted by molar-refractivity contribution is 0.907. The average Bonchev–Trinajstić information content (AvgIpc) is 2.36. The predicted octanol–water partition coefficient (Wildman–Crippen LogP) is 4.64. The van der Waals surface area contributed by atoms with Crippen molar-refractivity contribution in [3.8, 4) is 0 Å². The molecular formula is C13H16N4S4. The van der Waals surface area contributed by atoms with E-state index in [2.05, 4.69) is 19.9 Å². The Morgan fingerprint density at radius 2 is 1.00 bits per heavy atom. The van der Waals surface area contributed by atoms with Gasteiger partial charge in [-0.1, -0.05) is 21.6 Å². The number of hydrogen-bond donors (Lipinski definition) is 0. The first kappa shape index (κ1) is 16.9. The minimum absolute atomic E-state index is 0.825. The normalized spacial score (nSPS) is 10.9. The lowest BCUT2D eigenvalue weighted by atomic mass is 10.4. The van der Waals surface area contributed by atoms with Crippen LogP contribution in [0.3, 0.4) is 0 Å². The maximum Gasteiger partial charge on any atom is 0.198 e. The summed E-state index contributed by atoms with van der Waals surface area (Å²) in [5.74, 6) is 0. The largest absolute Gasteiger partial charge is 0.227 e. The first-order valence-corrected chi connectivity index (χ1v) is 10.9. The number of rotatable bonds is 6. The molecule has 2 rings (SSSR count). The molecule has 0 fully saturated rings. The zero-order valence-corrected chi connectivity index (χ0v) is 15.5. The lowest BCUT2D eigenvalue weighted by Crippen LogP contribution is -1.91. The van der Waals surface area contributed by atoms with E-state index in [1.54, 1.807) is 43.2 Å². The van der Waals surface area contributed by atoms with Gasteiger partial charge in [0, 0.05) is 22.8 Å². The highest BCUT2D eigenvalue weighted by atomic mass is 33.1. The van der Waals surface area contributed by atoms with Crippen LogP contribution >= 0.6 is 43.2 Å². The third-order valence-corrected chi connectivity index (χ3v) is 7.29. The van der Waals surface area contributed by atoms with Gasteiger partial charge in [-0.05, 0) is 61.4 Å². The summed E-state index contributed by atoms with van der Waals surface area (Å²) in [5.41, 5.74) is 4.04. The van der Waals surface area contributed by atoms with Gasteiger partial charge in [0.05, 0.1) is 5.08 Å². The summed E-state index contributed by atoms with van der Waals surface area (Å²) in [6.45, 7) is 7.97. The Kier molecular flexibility index (Phi) is 6.66. The Bertz CT molecular complexity index is 527. The molecule has 0 N–H and O–H groups in total. The summed E-state index contributed by atoms with van der Waals surface area (Å²) >= 11 is 0. The molecule has 0 unspecified atom stereocenters. The van der Waals surface area contributed by atoms with Gasteiger partial charge >= 0.3 is 0 Å². The second-order valence-electron chi connectivity index (χ2n) is 4.39. The van der Waals surface area contributed by atoms with Gasteiger partial charge in [-0.15, -0.1) is 0 Å². The van der Waals surface area contributed by atoms with Crippen LogP contribution in [0, 0.1) is 27.7 Å². The van der Waals surface area contributed by atoms with Crippen LogP contribution in [0.5, 0.6) is 0 Å². The fourth-order valence-electron chi connectivity index (χ4n) is 1.63. The molecule has 8 heteroatoms. The SMILES string of the molecule is Cc1cc(C)nc(SSCSSc2nc(C)cc(C)n2)n1. The van der Waals surface area contributed by atoms with E-state index in [-0.39, 0.29) is 0 Å². The molecule has 0 saturated carbocycles. The maximum absolute atomic E-state index is 4.40. The summed E-state index contributed by atoms with van der Waals surface area (Å²) in [7, 11) is 6.68. The van der Waals surface area contributed by atoms with Gasteiger partial charge in [0.2, 0.25) is 0 Å². The molecule has 0 spiro atoms. The zero-order chi connectivity index (χ0) is 15.2. The highest BCUT2D eigenvalue weighted by Gasteiger charge is 2.04. The van der Waals surface area contributed by atoms with Crippen LogP contribution in [-0.4, -0.2) is 25.0 Å². The molecule has 0 aromatic carbocycles. The minimum atomic E-state index is 0.825. The fraction of sp³-hybridized carbons (Fsp3) is 0.385. The molecule has 0 aliphatic carbocycles. The van der Waals surface area contributed by atoms with Crippen LogP contribution in [0.15, 0.2) is 22.4 Å². The summed E-state index contributed by atoms with van der Waals surface area (Å²) in [5, 5.41) is 2.57. The Labute approximate surface area is 140 Å². The number of hydrogen-bond acceptors (Lipinski definition) is 8. The van der Waals surface area contributed by atoms with Crippen LogP contribution in [0.4, 0.5) is 0 Å². The van der Waals surface area contributed by atoms with Crippen LogP contribution in [-0.2, 0) is 0 Å². The maximum atomic E-state index is 4.40. The number of nitrogens with zero attached hydrogens (tertiary/aromatic N) is 4. The Balaban J connectivity index is 1.74. The summed E-state index contributed by atoms with van der Waals surface area (Å²) < 4.78 is 0. The first-order valence-electron chi connectivity index (χ1n) is 6.26. The molecule has 0 aliphatic heterocycles. The third-order valence-electron chi connectivity index (χ3n) is 2.29. The molecule has 21 heavy (non-hydrogen) atoms. The van der Waals surface area contributed by atoms with Gasteiger partial charge < -0.3 is 0 Å². The van der Waals surface area contributed by atoms with Crippen molar-refractivity contribution in [1.82, 2.24) is 19.9 Å². The van der Waals surface area contributed by atoms with Gasteiger partial charge in [-0.2, -0.15) is 0 Å². The lowest BCUT2D eigenvalue weighted by Gasteiger charge is -2.03. The van der Waals surface area contributed by atoms with Crippen molar-refractivity contribution in [2.45, 2.75) is 38.0 Å².